The van der Waals surface area contributed by atoms with Crippen LogP contribution in [0.5, 0.6) is 0 Å². The number of anilines is 1. The van der Waals surface area contributed by atoms with E-state index in [2.05, 4.69) is 14.8 Å². The maximum Gasteiger partial charge on any atom is 0.350 e. The highest BCUT2D eigenvalue weighted by Gasteiger charge is 2.26. The predicted molar refractivity (Wildman–Crippen MR) is 68.1 cm³/mol. The Labute approximate surface area is 111 Å². The minimum Gasteiger partial charge on any atom is -0.481 e. The van der Waals surface area contributed by atoms with Crippen LogP contribution >= 0.6 is 0 Å². The Kier molecular flexibility index (Phi) is 5.40. The third-order valence-corrected chi connectivity index (χ3v) is 2.24. The Morgan fingerprint density at radius 2 is 1.42 bits per heavy atom. The molecular weight excluding hydrogens is 250 g/mol. The number of benzene rings is 1. The van der Waals surface area contributed by atoms with E-state index in [1.165, 1.54) is 21.3 Å². The van der Waals surface area contributed by atoms with Gasteiger partial charge in [-0.1, -0.05) is 18.2 Å². The summed E-state index contributed by atoms with van der Waals surface area (Å²) in [5.41, 5.74) is 0.320. The number of ether oxygens (including phenoxy) is 3. The van der Waals surface area contributed by atoms with Gasteiger partial charge in [-0.15, -0.1) is 0 Å². The highest BCUT2D eigenvalue weighted by molar-refractivity contribution is 6.14. The van der Waals surface area contributed by atoms with Crippen molar-refractivity contribution in [1.82, 2.24) is 0 Å². The third-order valence-electron chi connectivity index (χ3n) is 2.24. The van der Waals surface area contributed by atoms with E-state index in [0.717, 1.165) is 0 Å². The van der Waals surface area contributed by atoms with Crippen molar-refractivity contribution < 1.29 is 23.8 Å². The zero-order valence-corrected chi connectivity index (χ0v) is 10.9. The lowest BCUT2D eigenvalue weighted by molar-refractivity contribution is -0.144. The van der Waals surface area contributed by atoms with Crippen LogP contribution in [0.25, 0.3) is 0 Å². The molecule has 0 aliphatic rings. The molecular formula is C13H15NO5. The van der Waals surface area contributed by atoms with Crippen molar-refractivity contribution in [3.63, 3.8) is 0 Å². The summed E-state index contributed by atoms with van der Waals surface area (Å²) >= 11 is 0. The van der Waals surface area contributed by atoms with Crippen molar-refractivity contribution in [2.24, 2.45) is 0 Å². The molecule has 6 heteroatoms. The molecule has 0 amide bonds. The van der Waals surface area contributed by atoms with Gasteiger partial charge in [-0.25, -0.2) is 9.59 Å². The molecule has 0 radical (unpaired) electrons. The summed E-state index contributed by atoms with van der Waals surface area (Å²) in [7, 11) is 3.67. The number of carbonyl (C=O) groups excluding carboxylic acids is 2. The lowest BCUT2D eigenvalue weighted by atomic mass is 10.2. The number of esters is 2. The number of hydrogen-bond donors (Lipinski definition) is 1. The van der Waals surface area contributed by atoms with E-state index in [9.17, 15) is 9.59 Å². The predicted octanol–water partition coefficient (Wildman–Crippen LogP) is 1.30. The fraction of sp³-hybridized carbons (Fsp3) is 0.231. The first kappa shape index (κ1) is 14.6. The Hall–Kier alpha value is -2.50. The fourth-order valence-corrected chi connectivity index (χ4v) is 1.34. The molecule has 0 heterocycles. The van der Waals surface area contributed by atoms with Crippen LogP contribution in [0.15, 0.2) is 41.8 Å². The van der Waals surface area contributed by atoms with Gasteiger partial charge in [0, 0.05) is 5.69 Å². The quantitative estimate of drug-likeness (QED) is 0.284. The summed E-state index contributed by atoms with van der Waals surface area (Å²) in [5, 5.41) is 2.81. The van der Waals surface area contributed by atoms with E-state index in [0.29, 0.717) is 5.69 Å². The van der Waals surface area contributed by atoms with Crippen LogP contribution in [-0.2, 0) is 23.8 Å². The number of carbonyl (C=O) groups is 2. The van der Waals surface area contributed by atoms with Gasteiger partial charge in [0.15, 0.2) is 0 Å². The van der Waals surface area contributed by atoms with Crippen LogP contribution in [0.3, 0.4) is 0 Å². The zero-order chi connectivity index (χ0) is 14.3. The first-order valence-corrected chi connectivity index (χ1v) is 5.41. The minimum absolute atomic E-state index is 0.0371. The Morgan fingerprint density at radius 1 is 0.895 bits per heavy atom. The molecule has 1 N–H and O–H groups in total. The molecule has 0 bridgehead atoms. The van der Waals surface area contributed by atoms with E-state index >= 15 is 0 Å². The van der Waals surface area contributed by atoms with Crippen molar-refractivity contribution in [3.05, 3.63) is 41.8 Å². The van der Waals surface area contributed by atoms with Crippen LogP contribution in [0.4, 0.5) is 5.69 Å². The molecule has 102 valence electrons. The number of nitrogens with one attached hydrogen (secondary N) is 1. The molecule has 1 aromatic carbocycles. The molecule has 0 unspecified atom stereocenters. The minimum atomic E-state index is -0.841. The van der Waals surface area contributed by atoms with Crippen molar-refractivity contribution in [2.45, 2.75) is 0 Å². The second kappa shape index (κ2) is 7.05. The molecule has 1 aromatic rings. The summed E-state index contributed by atoms with van der Waals surface area (Å²) in [6.45, 7) is 0. The Bertz CT molecular complexity index is 463. The van der Waals surface area contributed by atoms with Gasteiger partial charge in [0.1, 0.15) is 0 Å². The second-order valence-corrected chi connectivity index (χ2v) is 3.38. The molecule has 0 aliphatic carbocycles. The summed E-state index contributed by atoms with van der Waals surface area (Å²) in [6, 6.07) is 8.94. The average molecular weight is 265 g/mol. The van der Waals surface area contributed by atoms with Gasteiger partial charge in [0.25, 0.3) is 0 Å². The summed E-state index contributed by atoms with van der Waals surface area (Å²) in [6.07, 6.45) is 0. The summed E-state index contributed by atoms with van der Waals surface area (Å²) in [4.78, 5) is 23.2. The largest absolute Gasteiger partial charge is 0.481 e. The van der Waals surface area contributed by atoms with Crippen molar-refractivity contribution in [1.29, 1.82) is 0 Å². The normalized spacial score (nSPS) is 9.21. The number of rotatable bonds is 5. The standard InChI is InChI=1S/C13H15NO5/c1-17-11(14-9-7-5-4-6-8-9)10(12(15)18-2)13(16)19-3/h4-8,14H,1-3H3. The van der Waals surface area contributed by atoms with Gasteiger partial charge in [0.2, 0.25) is 11.5 Å². The SMILES string of the molecule is COC(=O)C(C(=O)OC)=C(Nc1ccccc1)OC. The van der Waals surface area contributed by atoms with Gasteiger partial charge >= 0.3 is 11.9 Å². The van der Waals surface area contributed by atoms with E-state index in [-0.39, 0.29) is 11.5 Å². The van der Waals surface area contributed by atoms with E-state index in [4.69, 9.17) is 4.74 Å². The highest BCUT2D eigenvalue weighted by Crippen LogP contribution is 2.14. The van der Waals surface area contributed by atoms with Crippen molar-refractivity contribution in [3.8, 4) is 0 Å². The summed E-state index contributed by atoms with van der Waals surface area (Å²) in [5.74, 6) is -1.72. The molecule has 6 nitrogen and oxygen atoms in total. The Balaban J connectivity index is 3.15. The maximum absolute atomic E-state index is 11.6. The van der Waals surface area contributed by atoms with Crippen LogP contribution in [0, 0.1) is 0 Å². The lowest BCUT2D eigenvalue weighted by Gasteiger charge is -2.13. The molecule has 0 atom stereocenters. The first-order valence-electron chi connectivity index (χ1n) is 5.41. The van der Waals surface area contributed by atoms with Gasteiger partial charge in [0.05, 0.1) is 21.3 Å². The van der Waals surface area contributed by atoms with E-state index in [1.807, 2.05) is 6.07 Å². The molecule has 0 fully saturated rings. The molecule has 1 rings (SSSR count). The number of para-hydroxylation sites is 1. The van der Waals surface area contributed by atoms with Gasteiger partial charge < -0.3 is 19.5 Å². The first-order chi connectivity index (χ1) is 9.13. The fourth-order valence-electron chi connectivity index (χ4n) is 1.34. The zero-order valence-electron chi connectivity index (χ0n) is 10.9. The van der Waals surface area contributed by atoms with Crippen LogP contribution in [0.1, 0.15) is 0 Å². The van der Waals surface area contributed by atoms with E-state index < -0.39 is 11.9 Å². The monoisotopic (exact) mass is 265 g/mol. The molecule has 0 aliphatic heterocycles. The third kappa shape index (κ3) is 3.74. The van der Waals surface area contributed by atoms with Crippen LogP contribution < -0.4 is 5.32 Å². The van der Waals surface area contributed by atoms with Gasteiger partial charge in [-0.3, -0.25) is 0 Å². The molecule has 19 heavy (non-hydrogen) atoms. The smallest absolute Gasteiger partial charge is 0.350 e. The van der Waals surface area contributed by atoms with Crippen molar-refractivity contribution in [2.75, 3.05) is 26.6 Å². The topological polar surface area (TPSA) is 73.9 Å². The Morgan fingerprint density at radius 3 is 1.84 bits per heavy atom. The summed E-state index contributed by atoms with van der Waals surface area (Å²) < 4.78 is 14.1. The van der Waals surface area contributed by atoms with Crippen LogP contribution in [-0.4, -0.2) is 33.3 Å². The van der Waals surface area contributed by atoms with E-state index in [1.54, 1.807) is 24.3 Å². The van der Waals surface area contributed by atoms with Crippen LogP contribution in [0.2, 0.25) is 0 Å². The van der Waals surface area contributed by atoms with Gasteiger partial charge in [-0.05, 0) is 12.1 Å². The molecule has 0 spiro atoms. The van der Waals surface area contributed by atoms with Gasteiger partial charge in [-0.2, -0.15) is 0 Å². The molecule has 0 saturated carbocycles. The highest BCUT2D eigenvalue weighted by atomic mass is 16.5. The average Bonchev–Trinajstić information content (AvgIpc) is 2.46. The lowest BCUT2D eigenvalue weighted by Crippen LogP contribution is -2.21. The maximum atomic E-state index is 11.6. The second-order valence-electron chi connectivity index (χ2n) is 3.38. The molecule has 0 aromatic heterocycles. The van der Waals surface area contributed by atoms with Crippen molar-refractivity contribution >= 4 is 17.6 Å². The number of methoxy groups -OCH3 is 3. The molecule has 0 saturated heterocycles. The number of hydrogen-bond acceptors (Lipinski definition) is 6.